The zero-order valence-electron chi connectivity index (χ0n) is 22.1. The van der Waals surface area contributed by atoms with Gasteiger partial charge in [0.05, 0.1) is 49.5 Å². The molecule has 2 saturated heterocycles. The number of hydrogen-bond acceptors (Lipinski definition) is 9. The van der Waals surface area contributed by atoms with Crippen LogP contribution in [0.2, 0.25) is 5.02 Å². The Balaban J connectivity index is 1.21. The van der Waals surface area contributed by atoms with Crippen LogP contribution in [-0.2, 0) is 11.2 Å². The van der Waals surface area contributed by atoms with Crippen LogP contribution in [0.15, 0.2) is 42.6 Å². The van der Waals surface area contributed by atoms with Crippen LogP contribution < -0.4 is 20.3 Å². The summed E-state index contributed by atoms with van der Waals surface area (Å²) < 4.78 is 11.4. The first-order valence-corrected chi connectivity index (χ1v) is 13.6. The maximum atomic E-state index is 12.9. The quantitative estimate of drug-likeness (QED) is 0.476. The number of hydrogen-bond donors (Lipinski definition) is 2. The number of fused-ring (bicyclic) bond motifs is 2. The highest BCUT2D eigenvalue weighted by atomic mass is 35.5. The molecule has 0 spiro atoms. The van der Waals surface area contributed by atoms with E-state index < -0.39 is 0 Å². The van der Waals surface area contributed by atoms with Crippen molar-refractivity contribution in [1.82, 2.24) is 19.8 Å². The Hall–Kier alpha value is -3.60. The Labute approximate surface area is 232 Å². The molecule has 1 amide bonds. The van der Waals surface area contributed by atoms with Crippen LogP contribution in [0.4, 0.5) is 28.8 Å². The molecule has 2 aromatic carbocycles. The minimum Gasteiger partial charge on any atom is -0.494 e. The minimum atomic E-state index is -0.0230. The van der Waals surface area contributed by atoms with Crippen LogP contribution in [-0.4, -0.2) is 91.8 Å². The third kappa shape index (κ3) is 5.19. The lowest BCUT2D eigenvalue weighted by molar-refractivity contribution is -0.0116. The minimum absolute atomic E-state index is 0.0230. The van der Waals surface area contributed by atoms with Crippen molar-refractivity contribution in [1.29, 1.82) is 0 Å². The maximum absolute atomic E-state index is 12.9. The fourth-order valence-corrected chi connectivity index (χ4v) is 5.61. The molecule has 0 bridgehead atoms. The van der Waals surface area contributed by atoms with Gasteiger partial charge in [0.1, 0.15) is 10.8 Å². The van der Waals surface area contributed by atoms with Crippen molar-refractivity contribution >= 4 is 46.3 Å². The molecule has 39 heavy (non-hydrogen) atoms. The lowest BCUT2D eigenvalue weighted by atomic mass is 9.97. The Bertz CT molecular complexity index is 1390. The van der Waals surface area contributed by atoms with Crippen LogP contribution >= 0.6 is 11.6 Å². The summed E-state index contributed by atoms with van der Waals surface area (Å²) in [6.07, 6.45) is 2.34. The molecule has 0 saturated carbocycles. The molecular formula is C28H32ClN7O3. The fraction of sp³-hybridized carbons (Fsp3) is 0.393. The molecule has 1 atom stereocenters. The number of carbonyl (C=O) groups is 1. The number of piperazine rings is 1. The first-order chi connectivity index (χ1) is 19.0. The summed E-state index contributed by atoms with van der Waals surface area (Å²) in [5.41, 5.74) is 4.16. The molecule has 4 heterocycles. The fourth-order valence-electron chi connectivity index (χ4n) is 5.47. The number of methoxy groups -OCH3 is 1. The first kappa shape index (κ1) is 25.7. The molecular weight excluding hydrogens is 518 g/mol. The summed E-state index contributed by atoms with van der Waals surface area (Å²) in [7, 11) is 3.46. The first-order valence-electron chi connectivity index (χ1n) is 13.2. The van der Waals surface area contributed by atoms with Gasteiger partial charge in [0, 0.05) is 51.5 Å². The van der Waals surface area contributed by atoms with Gasteiger partial charge in [0.2, 0.25) is 5.95 Å². The van der Waals surface area contributed by atoms with Gasteiger partial charge in [-0.3, -0.25) is 9.69 Å². The molecule has 3 aliphatic rings. The number of aromatic nitrogens is 2. The average molecular weight is 550 g/mol. The Morgan fingerprint density at radius 3 is 2.87 bits per heavy atom. The predicted molar refractivity (Wildman–Crippen MR) is 152 cm³/mol. The number of anilines is 5. The molecule has 2 fully saturated rings. The molecule has 0 radical (unpaired) electrons. The monoisotopic (exact) mass is 549 g/mol. The van der Waals surface area contributed by atoms with Gasteiger partial charge in [0.25, 0.3) is 5.91 Å². The number of rotatable bonds is 6. The number of nitrogens with zero attached hydrogens (tertiary/aromatic N) is 5. The third-order valence-electron chi connectivity index (χ3n) is 7.66. The van der Waals surface area contributed by atoms with Gasteiger partial charge in [-0.1, -0.05) is 23.7 Å². The summed E-state index contributed by atoms with van der Waals surface area (Å²) in [5, 5.41) is 6.87. The lowest BCUT2D eigenvalue weighted by Crippen LogP contribution is -2.58. The Morgan fingerprint density at radius 2 is 2.00 bits per heavy atom. The van der Waals surface area contributed by atoms with Crippen molar-refractivity contribution in [3.8, 4) is 5.75 Å². The highest BCUT2D eigenvalue weighted by Crippen LogP contribution is 2.34. The number of nitrogens with one attached hydrogen (secondary N) is 2. The number of halogens is 1. The SMILES string of the molecule is COc1cc(N2CCN3CCOC[C@H]3C2)ccc1Nc1ncc(Cl)c(Nc2cccc3c2C(=O)N(C)CC3)n1. The maximum Gasteiger partial charge on any atom is 0.255 e. The smallest absolute Gasteiger partial charge is 0.255 e. The number of ether oxygens (including phenoxy) is 2. The Kier molecular flexibility index (Phi) is 7.16. The number of amides is 1. The van der Waals surface area contributed by atoms with E-state index in [9.17, 15) is 4.79 Å². The molecule has 6 rings (SSSR count). The van der Waals surface area contributed by atoms with E-state index in [1.165, 1.54) is 6.20 Å². The van der Waals surface area contributed by atoms with E-state index >= 15 is 0 Å². The lowest BCUT2D eigenvalue weighted by Gasteiger charge is -2.44. The standard InChI is InChI=1S/C28H32ClN7O3/c1-34-9-8-18-4-3-5-23(25(18)27(34)37)31-26-21(29)15-30-28(33-26)32-22-7-6-19(14-24(22)38-2)36-11-10-35-12-13-39-17-20(35)16-36/h3-7,14-15,20H,8-13,16-17H2,1-2H3,(H2,30,31,32,33)/t20-/m1/s1. The van der Waals surface area contributed by atoms with E-state index in [0.717, 1.165) is 62.8 Å². The normalized spacial score (nSPS) is 19.4. The van der Waals surface area contributed by atoms with Crippen molar-refractivity contribution < 1.29 is 14.3 Å². The van der Waals surface area contributed by atoms with E-state index in [1.54, 1.807) is 12.0 Å². The summed E-state index contributed by atoms with van der Waals surface area (Å²) >= 11 is 6.46. The van der Waals surface area contributed by atoms with Gasteiger partial charge in [-0.15, -0.1) is 0 Å². The van der Waals surface area contributed by atoms with E-state index in [2.05, 4.69) is 36.5 Å². The van der Waals surface area contributed by atoms with Gasteiger partial charge in [-0.2, -0.15) is 4.98 Å². The zero-order chi connectivity index (χ0) is 26.9. The molecule has 1 aromatic heterocycles. The predicted octanol–water partition coefficient (Wildman–Crippen LogP) is 3.77. The molecule has 0 aliphatic carbocycles. The third-order valence-corrected chi connectivity index (χ3v) is 7.94. The van der Waals surface area contributed by atoms with E-state index in [-0.39, 0.29) is 5.91 Å². The van der Waals surface area contributed by atoms with Crippen LogP contribution in [0.25, 0.3) is 0 Å². The highest BCUT2D eigenvalue weighted by Gasteiger charge is 2.30. The van der Waals surface area contributed by atoms with Gasteiger partial charge < -0.3 is 29.9 Å². The highest BCUT2D eigenvalue weighted by molar-refractivity contribution is 6.33. The molecule has 10 nitrogen and oxygen atoms in total. The summed E-state index contributed by atoms with van der Waals surface area (Å²) in [6.45, 7) is 6.20. The largest absolute Gasteiger partial charge is 0.494 e. The summed E-state index contributed by atoms with van der Waals surface area (Å²) in [6, 6.07) is 12.3. The van der Waals surface area contributed by atoms with Crippen LogP contribution in [0.3, 0.4) is 0 Å². The van der Waals surface area contributed by atoms with Gasteiger partial charge in [0.15, 0.2) is 5.82 Å². The van der Waals surface area contributed by atoms with Gasteiger partial charge >= 0.3 is 0 Å². The van der Waals surface area contributed by atoms with Crippen molar-refractivity contribution in [3.63, 3.8) is 0 Å². The van der Waals surface area contributed by atoms with Crippen molar-refractivity contribution in [2.24, 2.45) is 0 Å². The number of carbonyl (C=O) groups excluding carboxylic acids is 1. The Morgan fingerprint density at radius 1 is 1.10 bits per heavy atom. The summed E-state index contributed by atoms with van der Waals surface area (Å²) in [5.74, 6) is 1.43. The second-order valence-corrected chi connectivity index (χ2v) is 10.5. The zero-order valence-corrected chi connectivity index (χ0v) is 22.9. The van der Waals surface area contributed by atoms with Crippen molar-refractivity contribution in [2.75, 3.05) is 75.6 Å². The number of morpholine rings is 1. The average Bonchev–Trinajstić information content (AvgIpc) is 2.96. The molecule has 2 N–H and O–H groups in total. The van der Waals surface area contributed by atoms with Gasteiger partial charge in [-0.05, 0) is 30.2 Å². The number of likely N-dealkylation sites (N-methyl/N-ethyl adjacent to an activating group) is 1. The van der Waals surface area contributed by atoms with Crippen molar-refractivity contribution in [3.05, 3.63) is 58.7 Å². The topological polar surface area (TPSA) is 95.1 Å². The molecule has 11 heteroatoms. The van der Waals surface area contributed by atoms with Crippen LogP contribution in [0, 0.1) is 0 Å². The van der Waals surface area contributed by atoms with Gasteiger partial charge in [-0.25, -0.2) is 4.98 Å². The molecule has 204 valence electrons. The summed E-state index contributed by atoms with van der Waals surface area (Å²) in [4.78, 5) is 28.5. The molecule has 0 unspecified atom stereocenters. The number of benzene rings is 2. The molecule has 3 aromatic rings. The van der Waals surface area contributed by atoms with E-state index in [4.69, 9.17) is 21.1 Å². The van der Waals surface area contributed by atoms with Crippen molar-refractivity contribution in [2.45, 2.75) is 12.5 Å². The van der Waals surface area contributed by atoms with E-state index in [0.29, 0.717) is 46.4 Å². The second-order valence-electron chi connectivity index (χ2n) is 10.1. The van der Waals surface area contributed by atoms with Crippen LogP contribution in [0.5, 0.6) is 5.75 Å². The van der Waals surface area contributed by atoms with Crippen LogP contribution in [0.1, 0.15) is 15.9 Å². The van der Waals surface area contributed by atoms with E-state index in [1.807, 2.05) is 37.4 Å². The second kappa shape index (κ2) is 10.9. The molecule has 3 aliphatic heterocycles.